The molecule has 1 aromatic carbocycles. The van der Waals surface area contributed by atoms with Crippen LogP contribution in [0.5, 0.6) is 5.75 Å². The number of aromatic hydroxyl groups is 1. The monoisotopic (exact) mass is 245 g/mol. The van der Waals surface area contributed by atoms with Crippen LogP contribution in [0.15, 0.2) is 41.6 Å². The highest BCUT2D eigenvalue weighted by atomic mass is 32.2. The third kappa shape index (κ3) is 2.31. The Morgan fingerprint density at radius 2 is 2.18 bits per heavy atom. The van der Waals surface area contributed by atoms with Gasteiger partial charge in [0, 0.05) is 18.0 Å². The number of hydrogen-bond donors (Lipinski definition) is 1. The van der Waals surface area contributed by atoms with E-state index in [-0.39, 0.29) is 5.75 Å². The highest BCUT2D eigenvalue weighted by Gasteiger charge is 2.09. The molecule has 0 saturated carbocycles. The summed E-state index contributed by atoms with van der Waals surface area (Å²) in [5.74, 6) is 0.0418. The fourth-order valence-electron chi connectivity index (χ4n) is 1.58. The second-order valence-electron chi connectivity index (χ2n) is 3.48. The Labute approximate surface area is 104 Å². The summed E-state index contributed by atoms with van der Waals surface area (Å²) in [7, 11) is 0. The topological polar surface area (TPSA) is 50.2 Å². The minimum atomic E-state index is 0.0418. The standard InChI is InChI=1S/C13H11NO2S/c1-17-12-6-10(5-11(8-15)13(12)16)9-3-2-4-14-7-9/h2-8,16H,1H3. The van der Waals surface area contributed by atoms with Gasteiger partial charge in [-0.05, 0) is 30.0 Å². The molecule has 0 atom stereocenters. The van der Waals surface area contributed by atoms with Crippen LogP contribution in [0.3, 0.4) is 0 Å². The molecule has 0 spiro atoms. The normalized spacial score (nSPS) is 10.2. The third-order valence-electron chi connectivity index (χ3n) is 2.45. The van der Waals surface area contributed by atoms with Gasteiger partial charge in [0.2, 0.25) is 0 Å². The van der Waals surface area contributed by atoms with Gasteiger partial charge in [0.1, 0.15) is 5.75 Å². The first-order valence-electron chi connectivity index (χ1n) is 5.03. The van der Waals surface area contributed by atoms with Gasteiger partial charge in [0.15, 0.2) is 6.29 Å². The van der Waals surface area contributed by atoms with Crippen molar-refractivity contribution in [3.8, 4) is 16.9 Å². The minimum absolute atomic E-state index is 0.0418. The molecule has 1 N–H and O–H groups in total. The van der Waals surface area contributed by atoms with Gasteiger partial charge in [0.05, 0.1) is 10.5 Å². The number of rotatable bonds is 3. The molecule has 0 bridgehead atoms. The quantitative estimate of drug-likeness (QED) is 0.667. The maximum absolute atomic E-state index is 10.9. The summed E-state index contributed by atoms with van der Waals surface area (Å²) in [5, 5.41) is 9.79. The van der Waals surface area contributed by atoms with E-state index in [1.165, 1.54) is 11.8 Å². The van der Waals surface area contributed by atoms with Gasteiger partial charge >= 0.3 is 0 Å². The SMILES string of the molecule is CSc1cc(-c2cccnc2)cc(C=O)c1O. The van der Waals surface area contributed by atoms with Gasteiger partial charge in [-0.1, -0.05) is 6.07 Å². The van der Waals surface area contributed by atoms with Crippen molar-refractivity contribution in [2.24, 2.45) is 0 Å². The van der Waals surface area contributed by atoms with Crippen molar-refractivity contribution < 1.29 is 9.90 Å². The number of phenols is 1. The Hall–Kier alpha value is -1.81. The van der Waals surface area contributed by atoms with Crippen LogP contribution in [0.4, 0.5) is 0 Å². The molecule has 2 rings (SSSR count). The highest BCUT2D eigenvalue weighted by molar-refractivity contribution is 7.98. The number of benzene rings is 1. The van der Waals surface area contributed by atoms with Crippen LogP contribution >= 0.6 is 11.8 Å². The van der Waals surface area contributed by atoms with Crippen LogP contribution in [-0.2, 0) is 0 Å². The molecule has 17 heavy (non-hydrogen) atoms. The molecule has 0 aliphatic rings. The summed E-state index contributed by atoms with van der Waals surface area (Å²) in [6.45, 7) is 0. The fourth-order valence-corrected chi connectivity index (χ4v) is 2.13. The molecule has 0 aliphatic heterocycles. The van der Waals surface area contributed by atoms with Gasteiger partial charge in [-0.25, -0.2) is 0 Å². The van der Waals surface area contributed by atoms with Crippen LogP contribution in [0.2, 0.25) is 0 Å². The molecule has 86 valence electrons. The Morgan fingerprint density at radius 1 is 1.35 bits per heavy atom. The zero-order valence-electron chi connectivity index (χ0n) is 9.25. The summed E-state index contributed by atoms with van der Waals surface area (Å²) < 4.78 is 0. The lowest BCUT2D eigenvalue weighted by atomic mass is 10.0. The van der Waals surface area contributed by atoms with Crippen molar-refractivity contribution in [2.75, 3.05) is 6.26 Å². The van der Waals surface area contributed by atoms with Gasteiger partial charge in [-0.3, -0.25) is 9.78 Å². The Morgan fingerprint density at radius 3 is 2.76 bits per heavy atom. The van der Waals surface area contributed by atoms with Crippen molar-refractivity contribution >= 4 is 18.0 Å². The Balaban J connectivity index is 2.60. The largest absolute Gasteiger partial charge is 0.506 e. The second-order valence-corrected chi connectivity index (χ2v) is 4.32. The number of thioether (sulfide) groups is 1. The lowest BCUT2D eigenvalue weighted by molar-refractivity contribution is 0.112. The van der Waals surface area contributed by atoms with Gasteiger partial charge < -0.3 is 5.11 Å². The van der Waals surface area contributed by atoms with E-state index < -0.39 is 0 Å². The number of pyridine rings is 1. The third-order valence-corrected chi connectivity index (χ3v) is 3.20. The van der Waals surface area contributed by atoms with Crippen LogP contribution < -0.4 is 0 Å². The maximum Gasteiger partial charge on any atom is 0.153 e. The van der Waals surface area contributed by atoms with Gasteiger partial charge in [-0.15, -0.1) is 11.8 Å². The molecule has 3 nitrogen and oxygen atoms in total. The number of carbonyl (C=O) groups excluding carboxylic acids is 1. The summed E-state index contributed by atoms with van der Waals surface area (Å²) in [5.41, 5.74) is 2.10. The van der Waals surface area contributed by atoms with Crippen LogP contribution in [0.25, 0.3) is 11.1 Å². The van der Waals surface area contributed by atoms with Crippen molar-refractivity contribution in [3.63, 3.8) is 0 Å². The molecule has 2 aromatic rings. The molecule has 0 fully saturated rings. The predicted octanol–water partition coefficient (Wildman–Crippen LogP) is 2.99. The molecule has 0 unspecified atom stereocenters. The zero-order chi connectivity index (χ0) is 12.3. The lowest BCUT2D eigenvalue weighted by Gasteiger charge is -2.08. The highest BCUT2D eigenvalue weighted by Crippen LogP contribution is 2.34. The number of carbonyl (C=O) groups is 1. The molecule has 0 amide bonds. The first-order valence-corrected chi connectivity index (χ1v) is 6.25. The van der Waals surface area contributed by atoms with Gasteiger partial charge in [0.25, 0.3) is 0 Å². The lowest BCUT2D eigenvalue weighted by Crippen LogP contribution is -1.88. The number of phenolic OH excluding ortho intramolecular Hbond substituents is 1. The average Bonchev–Trinajstić information content (AvgIpc) is 2.40. The van der Waals surface area contributed by atoms with E-state index in [1.54, 1.807) is 18.5 Å². The van der Waals surface area contributed by atoms with Crippen LogP contribution in [0.1, 0.15) is 10.4 Å². The first kappa shape index (κ1) is 11.7. The van der Waals surface area contributed by atoms with Crippen molar-refractivity contribution in [3.05, 3.63) is 42.2 Å². The molecule has 0 saturated heterocycles. The van der Waals surface area contributed by atoms with Crippen LogP contribution in [-0.4, -0.2) is 22.6 Å². The van der Waals surface area contributed by atoms with E-state index in [1.807, 2.05) is 24.5 Å². The van der Waals surface area contributed by atoms with E-state index >= 15 is 0 Å². The number of nitrogens with zero attached hydrogens (tertiary/aromatic N) is 1. The van der Waals surface area contributed by atoms with E-state index in [0.717, 1.165) is 11.1 Å². The zero-order valence-corrected chi connectivity index (χ0v) is 10.1. The number of hydrogen-bond acceptors (Lipinski definition) is 4. The summed E-state index contributed by atoms with van der Waals surface area (Å²) in [4.78, 5) is 15.6. The van der Waals surface area contributed by atoms with E-state index in [4.69, 9.17) is 0 Å². The second kappa shape index (κ2) is 5.01. The Bertz CT molecular complexity index is 541. The van der Waals surface area contributed by atoms with E-state index in [0.29, 0.717) is 16.7 Å². The molecular weight excluding hydrogens is 234 g/mol. The fraction of sp³-hybridized carbons (Fsp3) is 0.0769. The van der Waals surface area contributed by atoms with E-state index in [9.17, 15) is 9.90 Å². The molecule has 1 aromatic heterocycles. The predicted molar refractivity (Wildman–Crippen MR) is 68.5 cm³/mol. The number of aromatic nitrogens is 1. The summed E-state index contributed by atoms with van der Waals surface area (Å²) >= 11 is 1.40. The molecular formula is C13H11NO2S. The van der Waals surface area contributed by atoms with Crippen molar-refractivity contribution in [2.45, 2.75) is 4.90 Å². The molecule has 0 radical (unpaired) electrons. The molecule has 1 heterocycles. The van der Waals surface area contributed by atoms with Crippen molar-refractivity contribution in [1.29, 1.82) is 0 Å². The van der Waals surface area contributed by atoms with Gasteiger partial charge in [-0.2, -0.15) is 0 Å². The number of aldehydes is 1. The smallest absolute Gasteiger partial charge is 0.153 e. The van der Waals surface area contributed by atoms with Crippen molar-refractivity contribution in [1.82, 2.24) is 4.98 Å². The Kier molecular flexibility index (Phi) is 3.44. The average molecular weight is 245 g/mol. The first-order chi connectivity index (χ1) is 8.26. The minimum Gasteiger partial charge on any atom is -0.506 e. The maximum atomic E-state index is 10.9. The summed E-state index contributed by atoms with van der Waals surface area (Å²) in [6, 6.07) is 7.27. The molecule has 0 aliphatic carbocycles. The summed E-state index contributed by atoms with van der Waals surface area (Å²) in [6.07, 6.45) is 5.94. The molecule has 4 heteroatoms. The van der Waals surface area contributed by atoms with Crippen LogP contribution in [0, 0.1) is 0 Å². The van der Waals surface area contributed by atoms with E-state index in [2.05, 4.69) is 4.98 Å².